The molecule has 2 aliphatic rings. The van der Waals surface area contributed by atoms with Gasteiger partial charge in [-0.1, -0.05) is 32.1 Å². The fraction of sp³-hybridized carbons (Fsp3) is 1.00. The number of rotatable bonds is 2. The molecular formula is C11H21N. The number of hydrogen-bond acceptors (Lipinski definition) is 1. The lowest BCUT2D eigenvalue weighted by molar-refractivity contribution is 0.309. The molecule has 12 heavy (non-hydrogen) atoms. The minimum atomic E-state index is 0.882. The van der Waals surface area contributed by atoms with E-state index in [1.807, 2.05) is 0 Å². The summed E-state index contributed by atoms with van der Waals surface area (Å²) in [6, 6.07) is 0.882. The molecule has 0 aromatic heterocycles. The maximum Gasteiger partial charge on any atom is 0.00701 e. The van der Waals surface area contributed by atoms with Crippen LogP contribution in [-0.2, 0) is 0 Å². The highest BCUT2D eigenvalue weighted by Gasteiger charge is 2.20. The van der Waals surface area contributed by atoms with Crippen molar-refractivity contribution in [3.63, 3.8) is 0 Å². The Kier molecular flexibility index (Phi) is 3.04. The lowest BCUT2D eigenvalue weighted by Gasteiger charge is -2.24. The van der Waals surface area contributed by atoms with Crippen LogP contribution in [0.2, 0.25) is 0 Å². The molecule has 2 rings (SSSR count). The van der Waals surface area contributed by atoms with E-state index in [0.29, 0.717) is 0 Å². The lowest BCUT2D eigenvalue weighted by atomic mass is 9.84. The Morgan fingerprint density at radius 1 is 0.917 bits per heavy atom. The highest BCUT2D eigenvalue weighted by Crippen LogP contribution is 2.28. The average molecular weight is 167 g/mol. The van der Waals surface area contributed by atoms with Gasteiger partial charge in [-0.15, -0.1) is 0 Å². The minimum absolute atomic E-state index is 0.882. The first kappa shape index (κ1) is 8.55. The predicted octanol–water partition coefficient (Wildman–Crippen LogP) is 2.71. The molecule has 1 atom stereocenters. The standard InChI is InChI=1S/C11H21N/c1-2-5-10(6-3-1)9-11-7-4-8-12-11/h10-12H,1-9H2. The van der Waals surface area contributed by atoms with Gasteiger partial charge in [0, 0.05) is 6.04 Å². The second kappa shape index (κ2) is 4.27. The monoisotopic (exact) mass is 167 g/mol. The molecular weight excluding hydrogens is 146 g/mol. The largest absolute Gasteiger partial charge is 0.314 e. The molecule has 1 N–H and O–H groups in total. The Labute approximate surface area is 75.9 Å². The number of nitrogens with one attached hydrogen (secondary N) is 1. The maximum atomic E-state index is 3.60. The minimum Gasteiger partial charge on any atom is -0.314 e. The summed E-state index contributed by atoms with van der Waals surface area (Å²) >= 11 is 0. The van der Waals surface area contributed by atoms with Crippen molar-refractivity contribution >= 4 is 0 Å². The van der Waals surface area contributed by atoms with Gasteiger partial charge in [-0.05, 0) is 31.7 Å². The smallest absolute Gasteiger partial charge is 0.00701 e. The summed E-state index contributed by atoms with van der Waals surface area (Å²) in [6.45, 7) is 1.28. The van der Waals surface area contributed by atoms with E-state index in [0.717, 1.165) is 12.0 Å². The van der Waals surface area contributed by atoms with Crippen LogP contribution in [-0.4, -0.2) is 12.6 Å². The zero-order valence-corrected chi connectivity index (χ0v) is 8.02. The number of hydrogen-bond donors (Lipinski definition) is 1. The zero-order chi connectivity index (χ0) is 8.23. The summed E-state index contributed by atoms with van der Waals surface area (Å²) in [7, 11) is 0. The maximum absolute atomic E-state index is 3.60. The predicted molar refractivity (Wildman–Crippen MR) is 52.2 cm³/mol. The van der Waals surface area contributed by atoms with E-state index in [-0.39, 0.29) is 0 Å². The van der Waals surface area contributed by atoms with Gasteiger partial charge in [0.2, 0.25) is 0 Å². The summed E-state index contributed by atoms with van der Waals surface area (Å²) in [5.74, 6) is 1.06. The molecule has 70 valence electrons. The second-order valence-corrected chi connectivity index (χ2v) is 4.53. The van der Waals surface area contributed by atoms with Gasteiger partial charge in [0.05, 0.1) is 0 Å². The fourth-order valence-corrected chi connectivity index (χ4v) is 2.78. The average Bonchev–Trinajstić information content (AvgIpc) is 2.59. The van der Waals surface area contributed by atoms with Crippen molar-refractivity contribution in [1.29, 1.82) is 0 Å². The van der Waals surface area contributed by atoms with Crippen molar-refractivity contribution in [3.05, 3.63) is 0 Å². The topological polar surface area (TPSA) is 12.0 Å². The molecule has 0 aromatic rings. The van der Waals surface area contributed by atoms with Crippen LogP contribution < -0.4 is 5.32 Å². The molecule has 2 fully saturated rings. The Morgan fingerprint density at radius 2 is 1.75 bits per heavy atom. The van der Waals surface area contributed by atoms with Crippen LogP contribution in [0, 0.1) is 5.92 Å². The van der Waals surface area contributed by atoms with Crippen molar-refractivity contribution < 1.29 is 0 Å². The van der Waals surface area contributed by atoms with Crippen LogP contribution >= 0.6 is 0 Å². The fourth-order valence-electron chi connectivity index (χ4n) is 2.78. The first-order valence-electron chi connectivity index (χ1n) is 5.68. The molecule has 0 aromatic carbocycles. The highest BCUT2D eigenvalue weighted by molar-refractivity contribution is 4.78. The van der Waals surface area contributed by atoms with Gasteiger partial charge in [0.25, 0.3) is 0 Å². The molecule has 1 nitrogen and oxygen atoms in total. The van der Waals surface area contributed by atoms with Gasteiger partial charge in [0.15, 0.2) is 0 Å². The van der Waals surface area contributed by atoms with Crippen LogP contribution in [0.4, 0.5) is 0 Å². The molecule has 1 saturated heterocycles. The van der Waals surface area contributed by atoms with E-state index in [1.54, 1.807) is 0 Å². The second-order valence-electron chi connectivity index (χ2n) is 4.53. The SMILES string of the molecule is C1CCC(CC2CCCN2)CC1. The quantitative estimate of drug-likeness (QED) is 0.667. The Balaban J connectivity index is 1.69. The zero-order valence-electron chi connectivity index (χ0n) is 8.02. The summed E-state index contributed by atoms with van der Waals surface area (Å²) in [5, 5.41) is 3.60. The first-order chi connectivity index (χ1) is 5.95. The van der Waals surface area contributed by atoms with Crippen molar-refractivity contribution in [2.45, 2.75) is 57.4 Å². The Bertz CT molecular complexity index is 121. The third-order valence-electron chi connectivity index (χ3n) is 3.50. The molecule has 1 heteroatoms. The lowest BCUT2D eigenvalue weighted by Crippen LogP contribution is -2.25. The van der Waals surface area contributed by atoms with Gasteiger partial charge < -0.3 is 5.32 Å². The summed E-state index contributed by atoms with van der Waals surface area (Å²) in [6.07, 6.45) is 11.8. The molecule has 0 bridgehead atoms. The highest BCUT2D eigenvalue weighted by atomic mass is 14.9. The van der Waals surface area contributed by atoms with Crippen LogP contribution in [0.1, 0.15) is 51.4 Å². The van der Waals surface area contributed by atoms with Crippen molar-refractivity contribution in [2.75, 3.05) is 6.54 Å². The third kappa shape index (κ3) is 2.22. The summed E-state index contributed by atoms with van der Waals surface area (Å²) in [5.41, 5.74) is 0. The molecule has 1 saturated carbocycles. The molecule has 1 unspecified atom stereocenters. The molecule has 0 radical (unpaired) electrons. The van der Waals surface area contributed by atoms with Gasteiger partial charge >= 0.3 is 0 Å². The van der Waals surface area contributed by atoms with E-state index >= 15 is 0 Å². The van der Waals surface area contributed by atoms with E-state index in [2.05, 4.69) is 5.32 Å². The Morgan fingerprint density at radius 3 is 2.42 bits per heavy atom. The van der Waals surface area contributed by atoms with Gasteiger partial charge in [-0.2, -0.15) is 0 Å². The van der Waals surface area contributed by atoms with Gasteiger partial charge in [-0.25, -0.2) is 0 Å². The van der Waals surface area contributed by atoms with Crippen molar-refractivity contribution in [3.8, 4) is 0 Å². The van der Waals surface area contributed by atoms with Crippen LogP contribution in [0.5, 0.6) is 0 Å². The van der Waals surface area contributed by atoms with Crippen molar-refractivity contribution in [1.82, 2.24) is 5.32 Å². The Hall–Kier alpha value is -0.0400. The van der Waals surface area contributed by atoms with E-state index in [4.69, 9.17) is 0 Å². The molecule has 1 aliphatic carbocycles. The molecule has 0 amide bonds. The van der Waals surface area contributed by atoms with Crippen LogP contribution in [0.25, 0.3) is 0 Å². The van der Waals surface area contributed by atoms with E-state index in [9.17, 15) is 0 Å². The van der Waals surface area contributed by atoms with E-state index < -0.39 is 0 Å². The molecule has 1 aliphatic heterocycles. The van der Waals surface area contributed by atoms with Crippen LogP contribution in [0.3, 0.4) is 0 Å². The molecule has 0 spiro atoms. The molecule has 1 heterocycles. The van der Waals surface area contributed by atoms with Crippen molar-refractivity contribution in [2.24, 2.45) is 5.92 Å². The summed E-state index contributed by atoms with van der Waals surface area (Å²) in [4.78, 5) is 0. The van der Waals surface area contributed by atoms with E-state index in [1.165, 1.54) is 57.9 Å². The third-order valence-corrected chi connectivity index (χ3v) is 3.50. The van der Waals surface area contributed by atoms with Gasteiger partial charge in [-0.3, -0.25) is 0 Å². The normalized spacial score (nSPS) is 32.5. The summed E-state index contributed by atoms with van der Waals surface area (Å²) < 4.78 is 0. The van der Waals surface area contributed by atoms with Crippen LogP contribution in [0.15, 0.2) is 0 Å². The first-order valence-corrected chi connectivity index (χ1v) is 5.68. The van der Waals surface area contributed by atoms with Gasteiger partial charge in [0.1, 0.15) is 0 Å².